The minimum Gasteiger partial charge on any atom is -0.454 e. The smallest absolute Gasteiger partial charge is 0.233 e. The van der Waals surface area contributed by atoms with Gasteiger partial charge in [0.25, 0.3) is 0 Å². The number of carbonyl (C=O) groups excluding carboxylic acids is 1. The second-order valence-corrected chi connectivity index (χ2v) is 6.30. The van der Waals surface area contributed by atoms with E-state index in [1.807, 2.05) is 48.3 Å². The van der Waals surface area contributed by atoms with Crippen molar-refractivity contribution in [2.75, 3.05) is 13.8 Å². The third-order valence-corrected chi connectivity index (χ3v) is 4.69. The van der Waals surface area contributed by atoms with Gasteiger partial charge in [0.2, 0.25) is 12.7 Å². The van der Waals surface area contributed by atoms with Crippen LogP contribution < -0.4 is 9.47 Å². The molecule has 1 amide bonds. The van der Waals surface area contributed by atoms with Gasteiger partial charge in [-0.1, -0.05) is 36.4 Å². The standard InChI is InChI=1S/C19H19NO3/c1-20(12-14-7-8-16-17(11-14)23-13-22-16)18(21)19(9-10-19)15-5-3-2-4-6-15/h2-8,11H,9-10,12-13H2,1H3. The molecule has 2 aliphatic rings. The predicted octanol–water partition coefficient (Wildman–Crippen LogP) is 3.11. The molecule has 0 bridgehead atoms. The Labute approximate surface area is 135 Å². The van der Waals surface area contributed by atoms with Crippen LogP contribution in [-0.4, -0.2) is 24.6 Å². The van der Waals surface area contributed by atoms with E-state index in [4.69, 9.17) is 9.47 Å². The topological polar surface area (TPSA) is 38.8 Å². The first-order valence-corrected chi connectivity index (χ1v) is 7.89. The number of benzene rings is 2. The lowest BCUT2D eigenvalue weighted by atomic mass is 9.94. The van der Waals surface area contributed by atoms with Crippen LogP contribution in [0, 0.1) is 0 Å². The fraction of sp³-hybridized carbons (Fsp3) is 0.316. The van der Waals surface area contributed by atoms with Crippen LogP contribution in [0.2, 0.25) is 0 Å². The van der Waals surface area contributed by atoms with Crippen molar-refractivity contribution in [1.29, 1.82) is 0 Å². The summed E-state index contributed by atoms with van der Waals surface area (Å²) < 4.78 is 10.7. The maximum Gasteiger partial charge on any atom is 0.233 e. The molecule has 4 rings (SSSR count). The SMILES string of the molecule is CN(Cc1ccc2c(c1)OCO2)C(=O)C1(c2ccccc2)CC1. The molecule has 1 heterocycles. The molecule has 0 atom stereocenters. The molecule has 2 aromatic rings. The molecule has 1 aliphatic heterocycles. The Hall–Kier alpha value is -2.49. The summed E-state index contributed by atoms with van der Waals surface area (Å²) in [7, 11) is 1.87. The van der Waals surface area contributed by atoms with Gasteiger partial charge in [-0.25, -0.2) is 0 Å². The van der Waals surface area contributed by atoms with E-state index >= 15 is 0 Å². The van der Waals surface area contributed by atoms with Crippen molar-refractivity contribution in [3.63, 3.8) is 0 Å². The lowest BCUT2D eigenvalue weighted by molar-refractivity contribution is -0.133. The van der Waals surface area contributed by atoms with Gasteiger partial charge in [0.1, 0.15) is 0 Å². The fourth-order valence-corrected chi connectivity index (χ4v) is 3.26. The van der Waals surface area contributed by atoms with Crippen LogP contribution in [0.25, 0.3) is 0 Å². The van der Waals surface area contributed by atoms with E-state index in [9.17, 15) is 4.79 Å². The van der Waals surface area contributed by atoms with E-state index in [-0.39, 0.29) is 18.1 Å². The summed E-state index contributed by atoms with van der Waals surface area (Å²) in [4.78, 5) is 14.8. The minimum absolute atomic E-state index is 0.196. The number of fused-ring (bicyclic) bond motifs is 1. The van der Waals surface area contributed by atoms with Crippen LogP contribution in [0.5, 0.6) is 11.5 Å². The number of ether oxygens (including phenoxy) is 2. The second-order valence-electron chi connectivity index (χ2n) is 6.30. The number of likely N-dealkylation sites (N-methyl/N-ethyl adjacent to an activating group) is 1. The molecular weight excluding hydrogens is 290 g/mol. The predicted molar refractivity (Wildman–Crippen MR) is 86.4 cm³/mol. The molecule has 0 aromatic heterocycles. The number of hydrogen-bond donors (Lipinski definition) is 0. The lowest BCUT2D eigenvalue weighted by Gasteiger charge is -2.24. The highest BCUT2D eigenvalue weighted by molar-refractivity contribution is 5.91. The zero-order valence-corrected chi connectivity index (χ0v) is 13.1. The van der Waals surface area contributed by atoms with Gasteiger partial charge in [-0.2, -0.15) is 0 Å². The van der Waals surface area contributed by atoms with E-state index in [1.54, 1.807) is 0 Å². The average Bonchev–Trinajstić information content (AvgIpc) is 3.27. The maximum absolute atomic E-state index is 12.9. The van der Waals surface area contributed by atoms with E-state index in [1.165, 1.54) is 0 Å². The highest BCUT2D eigenvalue weighted by Crippen LogP contribution is 2.49. The minimum atomic E-state index is -0.313. The molecule has 0 radical (unpaired) electrons. The summed E-state index contributed by atoms with van der Waals surface area (Å²) in [6, 6.07) is 15.9. The van der Waals surface area contributed by atoms with Crippen LogP contribution in [0.3, 0.4) is 0 Å². The summed E-state index contributed by atoms with van der Waals surface area (Å²) in [6.45, 7) is 0.842. The van der Waals surface area contributed by atoms with E-state index in [0.29, 0.717) is 6.54 Å². The van der Waals surface area contributed by atoms with E-state index in [2.05, 4.69) is 12.1 Å². The van der Waals surface area contributed by atoms with Gasteiger partial charge in [0.15, 0.2) is 11.5 Å². The second kappa shape index (κ2) is 5.30. The normalized spacial score (nSPS) is 16.9. The lowest BCUT2D eigenvalue weighted by Crippen LogP contribution is -2.36. The number of nitrogens with zero attached hydrogens (tertiary/aromatic N) is 1. The van der Waals surface area contributed by atoms with Crippen molar-refractivity contribution in [3.05, 3.63) is 59.7 Å². The first-order valence-electron chi connectivity index (χ1n) is 7.89. The monoisotopic (exact) mass is 309 g/mol. The van der Waals surface area contributed by atoms with Crippen LogP contribution in [0.15, 0.2) is 48.5 Å². The molecule has 118 valence electrons. The largest absolute Gasteiger partial charge is 0.454 e. The zero-order valence-electron chi connectivity index (χ0n) is 13.1. The van der Waals surface area contributed by atoms with Crippen molar-refractivity contribution in [2.24, 2.45) is 0 Å². The van der Waals surface area contributed by atoms with Crippen LogP contribution in [0.4, 0.5) is 0 Å². The molecule has 1 saturated carbocycles. The summed E-state index contributed by atoms with van der Waals surface area (Å²) >= 11 is 0. The van der Waals surface area contributed by atoms with Gasteiger partial charge < -0.3 is 14.4 Å². The Bertz CT molecular complexity index is 738. The van der Waals surface area contributed by atoms with Gasteiger partial charge in [-0.05, 0) is 36.1 Å². The van der Waals surface area contributed by atoms with Gasteiger partial charge in [-0.15, -0.1) is 0 Å². The molecule has 0 N–H and O–H groups in total. The summed E-state index contributed by atoms with van der Waals surface area (Å²) in [5.74, 6) is 1.72. The van der Waals surface area contributed by atoms with Gasteiger partial charge in [0, 0.05) is 13.6 Å². The molecule has 23 heavy (non-hydrogen) atoms. The molecule has 0 unspecified atom stereocenters. The summed E-state index contributed by atoms with van der Waals surface area (Å²) in [5, 5.41) is 0. The summed E-state index contributed by atoms with van der Waals surface area (Å²) in [6.07, 6.45) is 1.86. The van der Waals surface area contributed by atoms with Crippen molar-refractivity contribution in [1.82, 2.24) is 4.90 Å². The Morgan fingerprint density at radius 3 is 2.57 bits per heavy atom. The Balaban J connectivity index is 1.51. The van der Waals surface area contributed by atoms with Crippen LogP contribution in [-0.2, 0) is 16.8 Å². The molecular formula is C19H19NO3. The number of amides is 1. The maximum atomic E-state index is 12.9. The molecule has 4 nitrogen and oxygen atoms in total. The number of rotatable bonds is 4. The molecule has 2 aromatic carbocycles. The molecule has 0 spiro atoms. The first kappa shape index (κ1) is 14.1. The van der Waals surface area contributed by atoms with Crippen LogP contribution in [0.1, 0.15) is 24.0 Å². The third-order valence-electron chi connectivity index (χ3n) is 4.69. The molecule has 1 aliphatic carbocycles. The molecule has 4 heteroatoms. The molecule has 0 saturated heterocycles. The number of carbonyl (C=O) groups is 1. The molecule has 1 fully saturated rings. The van der Waals surface area contributed by atoms with Crippen molar-refractivity contribution in [2.45, 2.75) is 24.8 Å². The van der Waals surface area contributed by atoms with Gasteiger partial charge in [0.05, 0.1) is 5.41 Å². The Morgan fingerprint density at radius 2 is 1.83 bits per heavy atom. The number of hydrogen-bond acceptors (Lipinski definition) is 3. The van der Waals surface area contributed by atoms with E-state index in [0.717, 1.165) is 35.5 Å². The zero-order chi connectivity index (χ0) is 15.9. The van der Waals surface area contributed by atoms with E-state index < -0.39 is 0 Å². The summed E-state index contributed by atoms with van der Waals surface area (Å²) in [5.41, 5.74) is 1.86. The average molecular weight is 309 g/mol. The highest BCUT2D eigenvalue weighted by Gasteiger charge is 2.52. The van der Waals surface area contributed by atoms with Crippen molar-refractivity contribution >= 4 is 5.91 Å². The first-order chi connectivity index (χ1) is 11.2. The van der Waals surface area contributed by atoms with Gasteiger partial charge in [-0.3, -0.25) is 4.79 Å². The Kier molecular flexibility index (Phi) is 3.26. The fourth-order valence-electron chi connectivity index (χ4n) is 3.26. The van der Waals surface area contributed by atoms with Crippen molar-refractivity contribution in [3.8, 4) is 11.5 Å². The van der Waals surface area contributed by atoms with Crippen molar-refractivity contribution < 1.29 is 14.3 Å². The van der Waals surface area contributed by atoms with Gasteiger partial charge >= 0.3 is 0 Å². The Morgan fingerprint density at radius 1 is 1.09 bits per heavy atom. The van der Waals surface area contributed by atoms with Crippen LogP contribution >= 0.6 is 0 Å². The highest BCUT2D eigenvalue weighted by atomic mass is 16.7. The third kappa shape index (κ3) is 2.44. The quantitative estimate of drug-likeness (QED) is 0.871.